The molecule has 0 spiro atoms. The molecule has 3 rings (SSSR count). The van der Waals surface area contributed by atoms with Crippen LogP contribution in [0.25, 0.3) is 0 Å². The van der Waals surface area contributed by atoms with E-state index in [4.69, 9.17) is 0 Å². The summed E-state index contributed by atoms with van der Waals surface area (Å²) in [6, 6.07) is 8.93. The minimum Gasteiger partial charge on any atom is -0.222 e. The molecule has 2 bridgehead atoms. The number of alkyl halides is 1. The van der Waals surface area contributed by atoms with Gasteiger partial charge >= 0.3 is 0 Å². The lowest BCUT2D eigenvalue weighted by Crippen LogP contribution is -2.67. The average Bonchev–Trinajstić information content (AvgIpc) is 2.46. The van der Waals surface area contributed by atoms with E-state index in [1.807, 2.05) is 12.3 Å². The lowest BCUT2D eigenvalue weighted by molar-refractivity contribution is 0.116. The average molecular weight is 361 g/mol. The molecule has 0 aromatic heterocycles. The van der Waals surface area contributed by atoms with Crippen molar-refractivity contribution < 1.29 is 8.42 Å². The van der Waals surface area contributed by atoms with Crippen LogP contribution >= 0.6 is 27.7 Å². The van der Waals surface area contributed by atoms with Gasteiger partial charge in [-0.05, 0) is 31.2 Å². The largest absolute Gasteiger partial charge is 0.222 e. The van der Waals surface area contributed by atoms with Crippen LogP contribution in [-0.2, 0) is 9.84 Å². The molecule has 2 aliphatic carbocycles. The Morgan fingerprint density at radius 2 is 1.79 bits per heavy atom. The minimum absolute atomic E-state index is 0.242. The van der Waals surface area contributed by atoms with Gasteiger partial charge in [0.05, 0.1) is 4.90 Å². The summed E-state index contributed by atoms with van der Waals surface area (Å²) in [5.41, 5.74) is 0. The van der Waals surface area contributed by atoms with E-state index < -0.39 is 13.9 Å². The van der Waals surface area contributed by atoms with E-state index in [1.165, 1.54) is 11.8 Å². The number of hydrogen-bond donors (Lipinski definition) is 0. The van der Waals surface area contributed by atoms with Crippen LogP contribution in [0.4, 0.5) is 0 Å². The van der Waals surface area contributed by atoms with Gasteiger partial charge in [0.1, 0.15) is 4.08 Å². The van der Waals surface area contributed by atoms with Crippen molar-refractivity contribution in [1.29, 1.82) is 0 Å². The number of rotatable bonds is 3. The van der Waals surface area contributed by atoms with Gasteiger partial charge in [0.2, 0.25) is 0 Å². The molecule has 0 radical (unpaired) electrons. The van der Waals surface area contributed by atoms with Gasteiger partial charge in [0.25, 0.3) is 0 Å². The van der Waals surface area contributed by atoms with Crippen molar-refractivity contribution in [2.45, 2.75) is 33.1 Å². The molecule has 19 heavy (non-hydrogen) atoms. The fourth-order valence-electron chi connectivity index (χ4n) is 3.75. The van der Waals surface area contributed by atoms with Gasteiger partial charge < -0.3 is 0 Å². The smallest absolute Gasteiger partial charge is 0.193 e. The molecule has 2 aliphatic rings. The zero-order chi connectivity index (χ0) is 13.7. The summed E-state index contributed by atoms with van der Waals surface area (Å²) in [5.74, 6) is 0.484. The molecule has 0 saturated heterocycles. The quantitative estimate of drug-likeness (QED) is 0.770. The molecular formula is C14H17BrO2S2. The van der Waals surface area contributed by atoms with Crippen LogP contribution in [0.1, 0.15) is 19.3 Å². The molecule has 0 amide bonds. The summed E-state index contributed by atoms with van der Waals surface area (Å²) in [7, 11) is -3.27. The van der Waals surface area contributed by atoms with Crippen LogP contribution in [0.15, 0.2) is 35.2 Å². The molecule has 2 fully saturated rings. The van der Waals surface area contributed by atoms with Gasteiger partial charge in [0.15, 0.2) is 9.84 Å². The molecule has 1 aromatic carbocycles. The van der Waals surface area contributed by atoms with Crippen LogP contribution in [0, 0.1) is 11.8 Å². The third-order valence-electron chi connectivity index (χ3n) is 4.63. The van der Waals surface area contributed by atoms with Crippen LogP contribution in [0.3, 0.4) is 0 Å². The van der Waals surface area contributed by atoms with E-state index in [0.717, 1.165) is 19.3 Å². The zero-order valence-electron chi connectivity index (χ0n) is 10.8. The van der Waals surface area contributed by atoms with Crippen LogP contribution in [0.5, 0.6) is 0 Å². The monoisotopic (exact) mass is 360 g/mol. The summed E-state index contributed by atoms with van der Waals surface area (Å²) in [4.78, 5) is 0.841. The van der Waals surface area contributed by atoms with E-state index in [1.54, 1.807) is 24.3 Å². The number of hydrogen-bond acceptors (Lipinski definition) is 3. The standard InChI is InChI=1S/C14H17BrO2S2/c1-18-14(11-8-5-9-12(14)13(11)15)19(16,17)10-6-3-2-4-7-10/h2-4,6-7,11-13H,5,8-9H2,1H3. The van der Waals surface area contributed by atoms with Gasteiger partial charge in [-0.1, -0.05) is 40.5 Å². The molecule has 0 aliphatic heterocycles. The number of fused-ring (bicyclic) bond motifs is 2. The zero-order valence-corrected chi connectivity index (χ0v) is 14.0. The van der Waals surface area contributed by atoms with E-state index in [9.17, 15) is 8.42 Å². The Morgan fingerprint density at radius 3 is 2.26 bits per heavy atom. The molecule has 5 heteroatoms. The summed E-state index contributed by atoms with van der Waals surface area (Å²) in [6.07, 6.45) is 5.13. The van der Waals surface area contributed by atoms with Gasteiger partial charge in [0, 0.05) is 16.7 Å². The van der Waals surface area contributed by atoms with Crippen LogP contribution < -0.4 is 0 Å². The minimum atomic E-state index is -3.27. The second-order valence-corrected chi connectivity index (χ2v) is 9.88. The Bertz CT molecular complexity index is 558. The third-order valence-corrected chi connectivity index (χ3v) is 10.6. The highest BCUT2D eigenvalue weighted by Crippen LogP contribution is 2.66. The molecule has 0 N–H and O–H groups in total. The number of sulfone groups is 1. The van der Waals surface area contributed by atoms with Crippen molar-refractivity contribution in [2.75, 3.05) is 6.26 Å². The fraction of sp³-hybridized carbons (Fsp3) is 0.571. The first-order valence-corrected chi connectivity index (χ1v) is 10.2. The highest BCUT2D eigenvalue weighted by atomic mass is 79.9. The first-order chi connectivity index (χ1) is 9.05. The highest BCUT2D eigenvalue weighted by molar-refractivity contribution is 9.09. The topological polar surface area (TPSA) is 34.1 Å². The van der Waals surface area contributed by atoms with Crippen molar-refractivity contribution in [3.8, 4) is 0 Å². The predicted molar refractivity (Wildman–Crippen MR) is 83.4 cm³/mol. The summed E-state index contributed by atoms with van der Waals surface area (Å²) in [6.45, 7) is 0. The molecule has 2 unspecified atom stereocenters. The summed E-state index contributed by atoms with van der Waals surface area (Å²) >= 11 is 5.25. The number of halogens is 1. The molecule has 0 heterocycles. The molecule has 2 atom stereocenters. The summed E-state index contributed by atoms with van der Waals surface area (Å²) < 4.78 is 25.6. The van der Waals surface area contributed by atoms with Gasteiger partial charge in [-0.2, -0.15) is 0 Å². The van der Waals surface area contributed by atoms with Gasteiger partial charge in [-0.15, -0.1) is 11.8 Å². The Labute approximate surface area is 127 Å². The van der Waals surface area contributed by atoms with E-state index >= 15 is 0 Å². The van der Waals surface area contributed by atoms with Crippen LogP contribution in [0.2, 0.25) is 0 Å². The Kier molecular flexibility index (Phi) is 3.51. The maximum atomic E-state index is 13.1. The first kappa shape index (κ1) is 14.0. The lowest BCUT2D eigenvalue weighted by atomic mass is 9.64. The maximum absolute atomic E-state index is 13.1. The van der Waals surface area contributed by atoms with Gasteiger partial charge in [-0.25, -0.2) is 8.42 Å². The number of thioether (sulfide) groups is 1. The second kappa shape index (κ2) is 4.78. The van der Waals surface area contributed by atoms with Crippen LogP contribution in [-0.4, -0.2) is 23.6 Å². The molecule has 1 aromatic rings. The lowest BCUT2D eigenvalue weighted by Gasteiger charge is -2.61. The first-order valence-electron chi connectivity index (χ1n) is 6.54. The maximum Gasteiger partial charge on any atom is 0.193 e. The Balaban J connectivity index is 2.09. The third kappa shape index (κ3) is 1.70. The molecule has 2 nitrogen and oxygen atoms in total. The molecular weight excluding hydrogens is 344 g/mol. The normalized spacial score (nSPS) is 37.7. The predicted octanol–water partition coefficient (Wildman–Crippen LogP) is 3.71. The fourth-order valence-corrected chi connectivity index (χ4v) is 10.3. The van der Waals surface area contributed by atoms with E-state index in [2.05, 4.69) is 15.9 Å². The molecule has 104 valence electrons. The second-order valence-electron chi connectivity index (χ2n) is 5.33. The van der Waals surface area contributed by atoms with E-state index in [0.29, 0.717) is 9.72 Å². The van der Waals surface area contributed by atoms with E-state index in [-0.39, 0.29) is 11.8 Å². The van der Waals surface area contributed by atoms with Crippen molar-refractivity contribution in [3.63, 3.8) is 0 Å². The highest BCUT2D eigenvalue weighted by Gasteiger charge is 2.69. The van der Waals surface area contributed by atoms with Crippen molar-refractivity contribution in [2.24, 2.45) is 11.8 Å². The van der Waals surface area contributed by atoms with Crippen molar-refractivity contribution in [1.82, 2.24) is 0 Å². The number of benzene rings is 1. The van der Waals surface area contributed by atoms with Crippen molar-refractivity contribution in [3.05, 3.63) is 30.3 Å². The van der Waals surface area contributed by atoms with Crippen molar-refractivity contribution >= 4 is 37.5 Å². The van der Waals surface area contributed by atoms with Gasteiger partial charge in [-0.3, -0.25) is 0 Å². The Hall–Kier alpha value is -0.000000000000000111. The Morgan fingerprint density at radius 1 is 1.21 bits per heavy atom. The molecule has 2 saturated carbocycles. The summed E-state index contributed by atoms with van der Waals surface area (Å²) in [5, 5.41) is 0. The SMILES string of the molecule is CSC1(S(=O)(=O)c2ccccc2)C2CCCC1C2Br.